The molecule has 0 amide bonds. The van der Waals surface area contributed by atoms with Crippen molar-refractivity contribution in [2.45, 2.75) is 11.8 Å². The molecule has 0 aliphatic carbocycles. The maximum absolute atomic E-state index is 12.1. The molecule has 0 atom stereocenters. The maximum atomic E-state index is 12.1. The third-order valence-electron chi connectivity index (χ3n) is 2.14. The molecule has 9 heteroatoms. The van der Waals surface area contributed by atoms with Gasteiger partial charge in [-0.15, -0.1) is 0 Å². The fourth-order valence-corrected chi connectivity index (χ4v) is 2.67. The standard InChI is InChI=1S/C8H15N5O3S/c1-3-13(6-8(9)11-14)17(15,16)7-4-10-12(2)5-7/h4-5,14H,3,6H2,1-2H3,(H2,9,11). The lowest BCUT2D eigenvalue weighted by Crippen LogP contribution is -2.38. The van der Waals surface area contributed by atoms with Crippen LogP contribution in [0.2, 0.25) is 0 Å². The van der Waals surface area contributed by atoms with Crippen LogP contribution in [0.15, 0.2) is 22.4 Å². The van der Waals surface area contributed by atoms with Crippen LogP contribution < -0.4 is 5.73 Å². The molecule has 17 heavy (non-hydrogen) atoms. The van der Waals surface area contributed by atoms with Gasteiger partial charge >= 0.3 is 0 Å². The van der Waals surface area contributed by atoms with Crippen LogP contribution in [0, 0.1) is 0 Å². The molecule has 0 radical (unpaired) electrons. The summed E-state index contributed by atoms with van der Waals surface area (Å²) in [5.74, 6) is -0.167. The summed E-state index contributed by atoms with van der Waals surface area (Å²) in [6, 6.07) is 0. The van der Waals surface area contributed by atoms with Crippen LogP contribution in [0.4, 0.5) is 0 Å². The Bertz CT molecular complexity index is 507. The quantitative estimate of drug-likeness (QED) is 0.311. The Kier molecular flexibility index (Phi) is 4.07. The van der Waals surface area contributed by atoms with Gasteiger partial charge in [0.05, 0.1) is 12.7 Å². The third-order valence-corrected chi connectivity index (χ3v) is 4.01. The minimum absolute atomic E-state index is 0.0765. The number of nitrogens with zero attached hydrogens (tertiary/aromatic N) is 4. The van der Waals surface area contributed by atoms with Crippen LogP contribution in [0.5, 0.6) is 0 Å². The fraction of sp³-hybridized carbons (Fsp3) is 0.500. The lowest BCUT2D eigenvalue weighted by atomic mass is 10.6. The van der Waals surface area contributed by atoms with Gasteiger partial charge in [-0.1, -0.05) is 12.1 Å². The van der Waals surface area contributed by atoms with Gasteiger partial charge in [0.2, 0.25) is 10.0 Å². The second-order valence-electron chi connectivity index (χ2n) is 3.37. The number of oxime groups is 1. The van der Waals surface area contributed by atoms with Crippen molar-refractivity contribution in [1.82, 2.24) is 14.1 Å². The Hall–Kier alpha value is -1.61. The van der Waals surface area contributed by atoms with Crippen molar-refractivity contribution in [3.63, 3.8) is 0 Å². The van der Waals surface area contributed by atoms with E-state index in [0.29, 0.717) is 0 Å². The van der Waals surface area contributed by atoms with Crippen molar-refractivity contribution in [3.05, 3.63) is 12.4 Å². The first kappa shape index (κ1) is 13.5. The SMILES string of the molecule is CCN(CC(N)=NO)S(=O)(=O)c1cnn(C)c1. The predicted octanol–water partition coefficient (Wildman–Crippen LogP) is -0.823. The zero-order valence-corrected chi connectivity index (χ0v) is 10.4. The minimum atomic E-state index is -3.66. The molecule has 0 unspecified atom stereocenters. The number of sulfonamides is 1. The maximum Gasteiger partial charge on any atom is 0.246 e. The first-order chi connectivity index (χ1) is 7.91. The highest BCUT2D eigenvalue weighted by Crippen LogP contribution is 2.13. The largest absolute Gasteiger partial charge is 0.409 e. The molecule has 1 heterocycles. The average molecular weight is 261 g/mol. The van der Waals surface area contributed by atoms with E-state index in [1.807, 2.05) is 0 Å². The van der Waals surface area contributed by atoms with Crippen LogP contribution in [-0.4, -0.2) is 46.6 Å². The molecule has 0 aliphatic rings. The summed E-state index contributed by atoms with van der Waals surface area (Å²) in [4.78, 5) is 0.0765. The fourth-order valence-electron chi connectivity index (χ4n) is 1.26. The molecule has 96 valence electrons. The lowest BCUT2D eigenvalue weighted by Gasteiger charge is -2.18. The summed E-state index contributed by atoms with van der Waals surface area (Å²) in [6.45, 7) is 1.72. The van der Waals surface area contributed by atoms with Gasteiger partial charge in [-0.25, -0.2) is 8.42 Å². The molecular formula is C8H15N5O3S. The van der Waals surface area contributed by atoms with Crippen molar-refractivity contribution in [2.75, 3.05) is 13.1 Å². The Morgan fingerprint density at radius 3 is 2.76 bits per heavy atom. The Morgan fingerprint density at radius 1 is 1.71 bits per heavy atom. The van der Waals surface area contributed by atoms with E-state index in [9.17, 15) is 8.42 Å². The van der Waals surface area contributed by atoms with Crippen LogP contribution >= 0.6 is 0 Å². The van der Waals surface area contributed by atoms with Crippen LogP contribution in [0.25, 0.3) is 0 Å². The number of hydrogen-bond acceptors (Lipinski definition) is 5. The van der Waals surface area contributed by atoms with E-state index in [0.717, 1.165) is 4.31 Å². The number of hydrogen-bond donors (Lipinski definition) is 2. The smallest absolute Gasteiger partial charge is 0.246 e. The van der Waals surface area contributed by atoms with Gasteiger partial charge in [0.1, 0.15) is 4.90 Å². The molecule has 0 fully saturated rings. The van der Waals surface area contributed by atoms with E-state index >= 15 is 0 Å². The van der Waals surface area contributed by atoms with E-state index in [2.05, 4.69) is 10.3 Å². The molecule has 8 nitrogen and oxygen atoms in total. The molecule has 0 aromatic carbocycles. The van der Waals surface area contributed by atoms with Gasteiger partial charge < -0.3 is 10.9 Å². The Labute approximate surface area is 99.4 Å². The number of rotatable bonds is 5. The summed E-state index contributed by atoms with van der Waals surface area (Å²) < 4.78 is 26.7. The van der Waals surface area contributed by atoms with Crippen molar-refractivity contribution in [1.29, 1.82) is 0 Å². The van der Waals surface area contributed by atoms with E-state index in [1.54, 1.807) is 14.0 Å². The molecule has 0 bridgehead atoms. The average Bonchev–Trinajstić information content (AvgIpc) is 2.72. The number of aryl methyl sites for hydroxylation is 1. The molecule has 1 aromatic rings. The van der Waals surface area contributed by atoms with Crippen LogP contribution in [0.3, 0.4) is 0 Å². The van der Waals surface area contributed by atoms with Crippen molar-refractivity contribution >= 4 is 15.9 Å². The van der Waals surface area contributed by atoms with Crippen LogP contribution in [-0.2, 0) is 17.1 Å². The van der Waals surface area contributed by atoms with Crippen molar-refractivity contribution in [2.24, 2.45) is 17.9 Å². The second-order valence-corrected chi connectivity index (χ2v) is 5.31. The summed E-state index contributed by atoms with van der Waals surface area (Å²) in [5, 5.41) is 15.0. The van der Waals surface area contributed by atoms with Gasteiger partial charge in [-0.3, -0.25) is 4.68 Å². The highest BCUT2D eigenvalue weighted by molar-refractivity contribution is 7.89. The summed E-state index contributed by atoms with van der Waals surface area (Å²) >= 11 is 0. The molecule has 0 saturated heterocycles. The number of amidine groups is 1. The molecule has 0 saturated carbocycles. The highest BCUT2D eigenvalue weighted by Gasteiger charge is 2.25. The Morgan fingerprint density at radius 2 is 2.35 bits per heavy atom. The third kappa shape index (κ3) is 2.94. The van der Waals surface area contributed by atoms with E-state index in [-0.39, 0.29) is 23.8 Å². The summed E-state index contributed by atoms with van der Waals surface area (Å²) in [6.07, 6.45) is 2.65. The van der Waals surface area contributed by atoms with Crippen molar-refractivity contribution in [3.8, 4) is 0 Å². The number of likely N-dealkylation sites (N-methyl/N-ethyl adjacent to an activating group) is 1. The minimum Gasteiger partial charge on any atom is -0.409 e. The topological polar surface area (TPSA) is 114 Å². The van der Waals surface area contributed by atoms with Gasteiger partial charge in [-0.05, 0) is 0 Å². The van der Waals surface area contributed by atoms with E-state index in [1.165, 1.54) is 17.1 Å². The molecule has 0 aliphatic heterocycles. The lowest BCUT2D eigenvalue weighted by molar-refractivity contribution is 0.315. The van der Waals surface area contributed by atoms with Gasteiger partial charge in [0, 0.05) is 19.8 Å². The highest BCUT2D eigenvalue weighted by atomic mass is 32.2. The predicted molar refractivity (Wildman–Crippen MR) is 61.0 cm³/mol. The molecule has 1 rings (SSSR count). The van der Waals surface area contributed by atoms with E-state index < -0.39 is 10.0 Å². The first-order valence-corrected chi connectivity index (χ1v) is 6.31. The first-order valence-electron chi connectivity index (χ1n) is 4.87. The molecular weight excluding hydrogens is 246 g/mol. The van der Waals surface area contributed by atoms with E-state index in [4.69, 9.17) is 10.9 Å². The molecule has 3 N–H and O–H groups in total. The Balaban J connectivity index is 3.02. The zero-order valence-electron chi connectivity index (χ0n) is 9.61. The van der Waals surface area contributed by atoms with Gasteiger partial charge in [0.25, 0.3) is 0 Å². The van der Waals surface area contributed by atoms with Gasteiger partial charge in [-0.2, -0.15) is 9.40 Å². The number of aromatic nitrogens is 2. The second kappa shape index (κ2) is 5.15. The van der Waals surface area contributed by atoms with Gasteiger partial charge in [0.15, 0.2) is 5.84 Å². The zero-order chi connectivity index (χ0) is 13.1. The molecule has 1 aromatic heterocycles. The molecule has 0 spiro atoms. The normalized spacial score (nSPS) is 13.2. The summed E-state index contributed by atoms with van der Waals surface area (Å²) in [5.41, 5.74) is 5.30. The van der Waals surface area contributed by atoms with Crippen molar-refractivity contribution < 1.29 is 13.6 Å². The number of nitrogens with two attached hydrogens (primary N) is 1. The van der Waals surface area contributed by atoms with Crippen LogP contribution in [0.1, 0.15) is 6.92 Å². The summed E-state index contributed by atoms with van der Waals surface area (Å²) in [7, 11) is -2.03. The monoisotopic (exact) mass is 261 g/mol.